The fourth-order valence-electron chi connectivity index (χ4n) is 1.34. The molecule has 0 aliphatic carbocycles. The molecule has 0 unspecified atom stereocenters. The van der Waals surface area contributed by atoms with Crippen molar-refractivity contribution in [2.75, 3.05) is 7.11 Å². The maximum Gasteiger partial charge on any atom is 0.331 e. The summed E-state index contributed by atoms with van der Waals surface area (Å²) in [6.45, 7) is 0. The van der Waals surface area contributed by atoms with Gasteiger partial charge >= 0.3 is 5.97 Å². The van der Waals surface area contributed by atoms with Crippen LogP contribution in [0.15, 0.2) is 45.4 Å². The zero-order chi connectivity index (χ0) is 15.2. The predicted octanol–water partition coefficient (Wildman–Crippen LogP) is 1.44. The van der Waals surface area contributed by atoms with Crippen molar-refractivity contribution >= 4 is 35.0 Å². The highest BCUT2D eigenvalue weighted by Crippen LogP contribution is 2.23. The topological polar surface area (TPSA) is 80.1 Å². The van der Waals surface area contributed by atoms with Crippen LogP contribution >= 0.6 is 11.8 Å². The SMILES string of the molecule is COC(=O)C=C1S/C(=N\N=Cc2ccc(F)cc2)NC1=O. The number of hydrogen-bond acceptors (Lipinski definition) is 6. The number of nitrogens with one attached hydrogen (secondary N) is 1. The molecular weight excluding hydrogens is 297 g/mol. The number of esters is 1. The molecule has 0 aromatic heterocycles. The highest BCUT2D eigenvalue weighted by Gasteiger charge is 2.24. The van der Waals surface area contributed by atoms with Gasteiger partial charge in [0, 0.05) is 6.08 Å². The Morgan fingerprint density at radius 3 is 2.76 bits per heavy atom. The van der Waals surface area contributed by atoms with E-state index in [0.29, 0.717) is 5.56 Å². The smallest absolute Gasteiger partial charge is 0.331 e. The van der Waals surface area contributed by atoms with Gasteiger partial charge in [-0.05, 0) is 29.5 Å². The minimum absolute atomic E-state index is 0.178. The Morgan fingerprint density at radius 1 is 1.38 bits per heavy atom. The second kappa shape index (κ2) is 6.80. The van der Waals surface area contributed by atoms with E-state index >= 15 is 0 Å². The van der Waals surface area contributed by atoms with E-state index in [1.54, 1.807) is 12.1 Å². The molecule has 1 aliphatic rings. The van der Waals surface area contributed by atoms with E-state index < -0.39 is 11.9 Å². The van der Waals surface area contributed by atoms with Crippen molar-refractivity contribution in [3.63, 3.8) is 0 Å². The van der Waals surface area contributed by atoms with E-state index in [9.17, 15) is 14.0 Å². The molecule has 1 amide bonds. The molecular formula is C13H10FN3O3S. The summed E-state index contributed by atoms with van der Waals surface area (Å²) < 4.78 is 17.1. The molecule has 0 saturated carbocycles. The first-order chi connectivity index (χ1) is 10.1. The number of ether oxygens (including phenoxy) is 1. The summed E-state index contributed by atoms with van der Waals surface area (Å²) in [7, 11) is 1.22. The summed E-state index contributed by atoms with van der Waals surface area (Å²) in [5.74, 6) is -1.40. The Balaban J connectivity index is 2.03. The van der Waals surface area contributed by atoms with Crippen LogP contribution in [0, 0.1) is 5.82 Å². The van der Waals surface area contributed by atoms with Gasteiger partial charge in [0.05, 0.1) is 18.2 Å². The van der Waals surface area contributed by atoms with Crippen LogP contribution in [-0.4, -0.2) is 30.4 Å². The van der Waals surface area contributed by atoms with Gasteiger partial charge in [0.1, 0.15) is 5.82 Å². The number of rotatable bonds is 3. The van der Waals surface area contributed by atoms with Gasteiger partial charge < -0.3 is 4.74 Å². The molecule has 1 saturated heterocycles. The highest BCUT2D eigenvalue weighted by molar-refractivity contribution is 8.18. The summed E-state index contributed by atoms with van der Waals surface area (Å²) in [5.41, 5.74) is 0.667. The number of thioether (sulfide) groups is 1. The Hall–Kier alpha value is -2.48. The van der Waals surface area contributed by atoms with E-state index in [0.717, 1.165) is 17.8 Å². The van der Waals surface area contributed by atoms with E-state index in [2.05, 4.69) is 20.3 Å². The second-order valence-electron chi connectivity index (χ2n) is 3.79. The number of carbonyl (C=O) groups is 2. The van der Waals surface area contributed by atoms with Crippen LogP contribution in [0.1, 0.15) is 5.56 Å². The minimum Gasteiger partial charge on any atom is -0.466 e. The third-order valence-electron chi connectivity index (χ3n) is 2.33. The van der Waals surface area contributed by atoms with E-state index in [1.807, 2.05) is 0 Å². The van der Waals surface area contributed by atoms with Crippen LogP contribution in [0.2, 0.25) is 0 Å². The number of methoxy groups -OCH3 is 1. The first kappa shape index (κ1) is 14.9. The van der Waals surface area contributed by atoms with Crippen LogP contribution < -0.4 is 5.32 Å². The molecule has 2 rings (SSSR count). The van der Waals surface area contributed by atoms with Crippen molar-refractivity contribution in [3.05, 3.63) is 46.6 Å². The Kier molecular flexibility index (Phi) is 4.83. The minimum atomic E-state index is -0.622. The van der Waals surface area contributed by atoms with Gasteiger partial charge in [-0.25, -0.2) is 9.18 Å². The summed E-state index contributed by atoms with van der Waals surface area (Å²) in [6.07, 6.45) is 2.49. The van der Waals surface area contributed by atoms with Gasteiger partial charge in [-0.3, -0.25) is 10.1 Å². The summed E-state index contributed by atoms with van der Waals surface area (Å²) in [5, 5.41) is 10.3. The molecule has 1 aromatic carbocycles. The van der Waals surface area contributed by atoms with Gasteiger partial charge in [-0.1, -0.05) is 12.1 Å². The number of amides is 1. The largest absolute Gasteiger partial charge is 0.466 e. The monoisotopic (exact) mass is 307 g/mol. The Labute approximate surface area is 123 Å². The molecule has 0 atom stereocenters. The molecule has 1 aromatic rings. The number of hydrogen-bond donors (Lipinski definition) is 1. The molecule has 21 heavy (non-hydrogen) atoms. The molecule has 6 nitrogen and oxygen atoms in total. The molecule has 1 N–H and O–H groups in total. The zero-order valence-electron chi connectivity index (χ0n) is 10.9. The van der Waals surface area contributed by atoms with Crippen molar-refractivity contribution in [2.45, 2.75) is 0 Å². The highest BCUT2D eigenvalue weighted by atomic mass is 32.2. The fourth-order valence-corrected chi connectivity index (χ4v) is 2.08. The molecule has 0 bridgehead atoms. The summed E-state index contributed by atoms with van der Waals surface area (Å²) in [6, 6.07) is 5.69. The van der Waals surface area contributed by atoms with Crippen molar-refractivity contribution in [1.29, 1.82) is 0 Å². The summed E-state index contributed by atoms with van der Waals surface area (Å²) >= 11 is 0.976. The van der Waals surface area contributed by atoms with Gasteiger partial charge in [0.25, 0.3) is 5.91 Å². The average molecular weight is 307 g/mol. The lowest BCUT2D eigenvalue weighted by atomic mass is 10.2. The molecule has 1 fully saturated rings. The van der Waals surface area contributed by atoms with Gasteiger partial charge in [0.2, 0.25) is 0 Å². The number of benzene rings is 1. The van der Waals surface area contributed by atoms with Crippen LogP contribution in [0.5, 0.6) is 0 Å². The van der Waals surface area contributed by atoms with Crippen molar-refractivity contribution in [1.82, 2.24) is 5.32 Å². The third-order valence-corrected chi connectivity index (χ3v) is 3.23. The average Bonchev–Trinajstić information content (AvgIpc) is 2.81. The van der Waals surface area contributed by atoms with Crippen molar-refractivity contribution in [2.24, 2.45) is 10.2 Å². The molecule has 108 valence electrons. The lowest BCUT2D eigenvalue weighted by molar-refractivity contribution is -0.135. The quantitative estimate of drug-likeness (QED) is 0.396. The normalized spacial score (nSPS) is 18.5. The van der Waals surface area contributed by atoms with Gasteiger partial charge in [-0.15, -0.1) is 5.10 Å². The third kappa shape index (κ3) is 4.25. The molecule has 1 aliphatic heterocycles. The van der Waals surface area contributed by atoms with Crippen LogP contribution in [0.25, 0.3) is 0 Å². The Bertz CT molecular complexity index is 653. The Morgan fingerprint density at radius 2 is 2.10 bits per heavy atom. The van der Waals surface area contributed by atoms with Crippen molar-refractivity contribution < 1.29 is 18.7 Å². The number of carbonyl (C=O) groups excluding carboxylic acids is 2. The first-order valence-corrected chi connectivity index (χ1v) is 6.55. The van der Waals surface area contributed by atoms with E-state index in [-0.39, 0.29) is 15.9 Å². The van der Waals surface area contributed by atoms with Crippen LogP contribution in [-0.2, 0) is 14.3 Å². The second-order valence-corrected chi connectivity index (χ2v) is 4.82. The maximum atomic E-state index is 12.7. The molecule has 0 spiro atoms. The first-order valence-electron chi connectivity index (χ1n) is 5.74. The zero-order valence-corrected chi connectivity index (χ0v) is 11.7. The van der Waals surface area contributed by atoms with Crippen LogP contribution in [0.3, 0.4) is 0 Å². The maximum absolute atomic E-state index is 12.7. The van der Waals surface area contributed by atoms with Crippen molar-refractivity contribution in [3.8, 4) is 0 Å². The number of amidine groups is 1. The lowest BCUT2D eigenvalue weighted by Crippen LogP contribution is -2.19. The molecule has 8 heteroatoms. The lowest BCUT2D eigenvalue weighted by Gasteiger charge is -1.91. The van der Waals surface area contributed by atoms with E-state index in [1.165, 1.54) is 25.5 Å². The van der Waals surface area contributed by atoms with Crippen LogP contribution in [0.4, 0.5) is 4.39 Å². The van der Waals surface area contributed by atoms with Gasteiger partial charge in [0.15, 0.2) is 5.17 Å². The predicted molar refractivity (Wildman–Crippen MR) is 77.3 cm³/mol. The number of nitrogens with zero attached hydrogens (tertiary/aromatic N) is 2. The van der Waals surface area contributed by atoms with E-state index in [4.69, 9.17) is 0 Å². The van der Waals surface area contributed by atoms with Gasteiger partial charge in [-0.2, -0.15) is 5.10 Å². The summed E-state index contributed by atoms with van der Waals surface area (Å²) in [4.78, 5) is 22.8. The standard InChI is InChI=1S/C13H10FN3O3S/c1-20-11(18)6-10-12(19)16-13(21-10)17-15-7-8-2-4-9(14)5-3-8/h2-7H,1H3,(H,16,17,19). The fraction of sp³-hybridized carbons (Fsp3) is 0.0769. The number of halogens is 1. The molecule has 1 heterocycles. The molecule has 0 radical (unpaired) electrons.